The lowest BCUT2D eigenvalue weighted by Gasteiger charge is -2.07. The first-order chi connectivity index (χ1) is 7.34. The second-order valence-electron chi connectivity index (χ2n) is 3.54. The zero-order valence-corrected chi connectivity index (χ0v) is 10.6. The van der Waals surface area contributed by atoms with Gasteiger partial charge in [0.1, 0.15) is 0 Å². The lowest BCUT2D eigenvalue weighted by molar-refractivity contribution is 0.708. The summed E-state index contributed by atoms with van der Waals surface area (Å²) in [5.74, 6) is 0. The van der Waals surface area contributed by atoms with Gasteiger partial charge in [0.25, 0.3) is 0 Å². The smallest absolute Gasteiger partial charge is 0.0484 e. The van der Waals surface area contributed by atoms with Gasteiger partial charge in [-0.15, -0.1) is 6.58 Å². The summed E-state index contributed by atoms with van der Waals surface area (Å²) < 4.78 is 1.14. The molecule has 82 valence electrons. The second-order valence-corrected chi connectivity index (χ2v) is 4.40. The van der Waals surface area contributed by atoms with Crippen LogP contribution in [0.25, 0.3) is 0 Å². The Balaban J connectivity index is 2.15. The third kappa shape index (κ3) is 5.03. The fourth-order valence-electron chi connectivity index (χ4n) is 1.42. The van der Waals surface area contributed by atoms with Crippen LogP contribution >= 0.6 is 15.9 Å². The molecular formula is C13H18BrN. The number of allylic oxidation sites excluding steroid dienone is 1. The molecule has 0 radical (unpaired) electrons. The SMILES string of the molecule is C=CCCCCCNc1ccccc1Br. The number of hydrogen-bond donors (Lipinski definition) is 1. The van der Waals surface area contributed by atoms with Gasteiger partial charge in [0, 0.05) is 16.7 Å². The number of halogens is 1. The second kappa shape index (κ2) is 7.52. The quantitative estimate of drug-likeness (QED) is 0.562. The summed E-state index contributed by atoms with van der Waals surface area (Å²) in [6.45, 7) is 4.76. The lowest BCUT2D eigenvalue weighted by Crippen LogP contribution is -2.01. The molecule has 1 nitrogen and oxygen atoms in total. The Labute approximate surface area is 101 Å². The minimum Gasteiger partial charge on any atom is -0.384 e. The Morgan fingerprint density at radius 1 is 1.20 bits per heavy atom. The maximum atomic E-state index is 3.72. The van der Waals surface area contributed by atoms with Crippen molar-refractivity contribution in [2.45, 2.75) is 25.7 Å². The molecule has 0 bridgehead atoms. The molecule has 2 heteroatoms. The largest absolute Gasteiger partial charge is 0.384 e. The molecule has 0 saturated heterocycles. The van der Waals surface area contributed by atoms with E-state index in [9.17, 15) is 0 Å². The van der Waals surface area contributed by atoms with Gasteiger partial charge in [-0.3, -0.25) is 0 Å². The number of nitrogens with one attached hydrogen (secondary N) is 1. The van der Waals surface area contributed by atoms with Crippen LogP contribution in [0.15, 0.2) is 41.4 Å². The molecule has 0 amide bonds. The van der Waals surface area contributed by atoms with Gasteiger partial charge >= 0.3 is 0 Å². The van der Waals surface area contributed by atoms with Crippen molar-refractivity contribution in [2.75, 3.05) is 11.9 Å². The Bertz CT molecular complexity index is 296. The van der Waals surface area contributed by atoms with E-state index in [1.165, 1.54) is 24.9 Å². The summed E-state index contributed by atoms with van der Waals surface area (Å²) in [6.07, 6.45) is 6.86. The highest BCUT2D eigenvalue weighted by atomic mass is 79.9. The van der Waals surface area contributed by atoms with Crippen LogP contribution in [0.2, 0.25) is 0 Å². The monoisotopic (exact) mass is 267 g/mol. The first kappa shape index (κ1) is 12.3. The van der Waals surface area contributed by atoms with Crippen molar-refractivity contribution in [1.29, 1.82) is 0 Å². The molecule has 1 aromatic carbocycles. The summed E-state index contributed by atoms with van der Waals surface area (Å²) in [5.41, 5.74) is 1.18. The van der Waals surface area contributed by atoms with Gasteiger partial charge in [-0.25, -0.2) is 0 Å². The fourth-order valence-corrected chi connectivity index (χ4v) is 1.84. The predicted molar refractivity (Wildman–Crippen MR) is 71.3 cm³/mol. The van der Waals surface area contributed by atoms with Crippen molar-refractivity contribution in [3.8, 4) is 0 Å². The number of benzene rings is 1. The van der Waals surface area contributed by atoms with Crippen LogP contribution < -0.4 is 5.32 Å². The zero-order valence-electron chi connectivity index (χ0n) is 9.01. The standard InChI is InChI=1S/C13H18BrN/c1-2-3-4-5-8-11-15-13-10-7-6-9-12(13)14/h2,6-7,9-10,15H,1,3-5,8,11H2. The highest BCUT2D eigenvalue weighted by Gasteiger charge is 1.95. The molecule has 0 spiro atoms. The van der Waals surface area contributed by atoms with Crippen molar-refractivity contribution in [2.24, 2.45) is 0 Å². The van der Waals surface area contributed by atoms with Crippen LogP contribution in [0.4, 0.5) is 5.69 Å². The van der Waals surface area contributed by atoms with Gasteiger partial charge in [0.2, 0.25) is 0 Å². The molecule has 0 aliphatic carbocycles. The number of unbranched alkanes of at least 4 members (excludes halogenated alkanes) is 3. The average molecular weight is 268 g/mol. The van der Waals surface area contributed by atoms with E-state index in [1.807, 2.05) is 18.2 Å². The topological polar surface area (TPSA) is 12.0 Å². The molecule has 0 aromatic heterocycles. The Kier molecular flexibility index (Phi) is 6.17. The van der Waals surface area contributed by atoms with E-state index in [1.54, 1.807) is 0 Å². The van der Waals surface area contributed by atoms with Gasteiger partial charge in [0.15, 0.2) is 0 Å². The molecule has 0 aliphatic rings. The van der Waals surface area contributed by atoms with Crippen LogP contribution in [0.5, 0.6) is 0 Å². The number of anilines is 1. The Hall–Kier alpha value is -0.760. The highest BCUT2D eigenvalue weighted by Crippen LogP contribution is 2.21. The fraction of sp³-hybridized carbons (Fsp3) is 0.385. The van der Waals surface area contributed by atoms with E-state index in [4.69, 9.17) is 0 Å². The van der Waals surface area contributed by atoms with E-state index in [-0.39, 0.29) is 0 Å². The van der Waals surface area contributed by atoms with Crippen molar-refractivity contribution in [1.82, 2.24) is 0 Å². The van der Waals surface area contributed by atoms with Crippen LogP contribution in [-0.2, 0) is 0 Å². The van der Waals surface area contributed by atoms with Gasteiger partial charge in [-0.1, -0.05) is 24.6 Å². The summed E-state index contributed by atoms with van der Waals surface area (Å²) >= 11 is 3.51. The van der Waals surface area contributed by atoms with E-state index in [0.717, 1.165) is 17.4 Å². The summed E-state index contributed by atoms with van der Waals surface area (Å²) in [4.78, 5) is 0. The molecular weight excluding hydrogens is 250 g/mol. The molecule has 1 aromatic rings. The third-order valence-electron chi connectivity index (χ3n) is 2.27. The molecule has 0 heterocycles. The first-order valence-corrected chi connectivity index (χ1v) is 6.23. The molecule has 0 unspecified atom stereocenters. The van der Waals surface area contributed by atoms with Gasteiger partial charge in [-0.2, -0.15) is 0 Å². The van der Waals surface area contributed by atoms with Crippen molar-refractivity contribution in [3.63, 3.8) is 0 Å². The van der Waals surface area contributed by atoms with Gasteiger partial charge in [0.05, 0.1) is 0 Å². The molecule has 1 N–H and O–H groups in total. The van der Waals surface area contributed by atoms with Crippen LogP contribution in [-0.4, -0.2) is 6.54 Å². The van der Waals surface area contributed by atoms with Crippen molar-refractivity contribution >= 4 is 21.6 Å². The van der Waals surface area contributed by atoms with Crippen LogP contribution in [0.3, 0.4) is 0 Å². The van der Waals surface area contributed by atoms with Crippen LogP contribution in [0, 0.1) is 0 Å². The van der Waals surface area contributed by atoms with E-state index < -0.39 is 0 Å². The Morgan fingerprint density at radius 3 is 2.73 bits per heavy atom. The molecule has 15 heavy (non-hydrogen) atoms. The lowest BCUT2D eigenvalue weighted by atomic mass is 10.2. The molecule has 1 rings (SSSR count). The van der Waals surface area contributed by atoms with Gasteiger partial charge < -0.3 is 5.32 Å². The van der Waals surface area contributed by atoms with E-state index in [2.05, 4.69) is 40.0 Å². The highest BCUT2D eigenvalue weighted by molar-refractivity contribution is 9.10. The van der Waals surface area contributed by atoms with E-state index >= 15 is 0 Å². The Morgan fingerprint density at radius 2 is 2.00 bits per heavy atom. The van der Waals surface area contributed by atoms with Crippen LogP contribution in [0.1, 0.15) is 25.7 Å². The summed E-state index contributed by atoms with van der Waals surface area (Å²) in [5, 5.41) is 3.42. The number of para-hydroxylation sites is 1. The minimum atomic E-state index is 1.04. The number of hydrogen-bond acceptors (Lipinski definition) is 1. The maximum absolute atomic E-state index is 3.72. The molecule has 0 saturated carbocycles. The first-order valence-electron chi connectivity index (χ1n) is 5.44. The zero-order chi connectivity index (χ0) is 10.9. The van der Waals surface area contributed by atoms with E-state index in [0.29, 0.717) is 0 Å². The number of rotatable bonds is 7. The minimum absolute atomic E-state index is 1.04. The molecule has 0 fully saturated rings. The normalized spacial score (nSPS) is 9.93. The predicted octanol–water partition coefficient (Wildman–Crippen LogP) is 4.61. The van der Waals surface area contributed by atoms with Crippen molar-refractivity contribution < 1.29 is 0 Å². The van der Waals surface area contributed by atoms with Crippen molar-refractivity contribution in [3.05, 3.63) is 41.4 Å². The molecule has 0 atom stereocenters. The third-order valence-corrected chi connectivity index (χ3v) is 2.97. The summed E-state index contributed by atoms with van der Waals surface area (Å²) in [6, 6.07) is 8.22. The average Bonchev–Trinajstić information content (AvgIpc) is 2.25. The van der Waals surface area contributed by atoms with Gasteiger partial charge in [-0.05, 0) is 47.3 Å². The molecule has 0 aliphatic heterocycles. The maximum Gasteiger partial charge on any atom is 0.0484 e. The summed E-state index contributed by atoms with van der Waals surface area (Å²) in [7, 11) is 0.